The Morgan fingerprint density at radius 2 is 2.17 bits per heavy atom. The van der Waals surface area contributed by atoms with E-state index in [1.54, 1.807) is 0 Å². The van der Waals surface area contributed by atoms with E-state index in [-0.39, 0.29) is 10.7 Å². The third-order valence-corrected chi connectivity index (χ3v) is 3.21. The number of nitrogen functional groups attached to an aromatic ring is 1. The summed E-state index contributed by atoms with van der Waals surface area (Å²) in [5.41, 5.74) is 5.89. The molecule has 0 amide bonds. The van der Waals surface area contributed by atoms with E-state index >= 15 is 0 Å². The minimum Gasteiger partial charge on any atom is -0.398 e. The Morgan fingerprint density at radius 3 is 2.89 bits per heavy atom. The fourth-order valence-electron chi connectivity index (χ4n) is 1.30. The molecule has 5 nitrogen and oxygen atoms in total. The molecule has 0 unspecified atom stereocenters. The summed E-state index contributed by atoms with van der Waals surface area (Å²) in [4.78, 5) is 14.6. The molecule has 0 aliphatic heterocycles. The fraction of sp³-hybridized carbons (Fsp3) is 0. The molecule has 0 fully saturated rings. The molecule has 1 heterocycles. The first-order valence-corrected chi connectivity index (χ1v) is 5.72. The fourth-order valence-corrected chi connectivity index (χ4v) is 2.23. The molecule has 2 rings (SSSR count). The van der Waals surface area contributed by atoms with Crippen LogP contribution in [-0.2, 0) is 0 Å². The molecule has 92 valence electrons. The van der Waals surface area contributed by atoms with Gasteiger partial charge in [-0.1, -0.05) is 11.8 Å². The lowest BCUT2D eigenvalue weighted by molar-refractivity contribution is -0.388. The molecular weight excluding hydrogens is 257 g/mol. The van der Waals surface area contributed by atoms with Crippen LogP contribution in [0.2, 0.25) is 0 Å². The van der Waals surface area contributed by atoms with Crippen LogP contribution in [0.15, 0.2) is 46.5 Å². The number of nitro groups is 1. The van der Waals surface area contributed by atoms with Crippen molar-refractivity contribution in [2.45, 2.75) is 9.92 Å². The maximum absolute atomic E-state index is 13.1. The number of rotatable bonds is 3. The SMILES string of the molecule is Nc1ccc(F)cc1Sc1ncccc1[N+](=O)[O-]. The van der Waals surface area contributed by atoms with Crippen LogP contribution in [0.5, 0.6) is 0 Å². The van der Waals surface area contributed by atoms with Crippen molar-refractivity contribution >= 4 is 23.1 Å². The van der Waals surface area contributed by atoms with Gasteiger partial charge in [0.05, 0.1) is 4.92 Å². The van der Waals surface area contributed by atoms with Gasteiger partial charge in [0.1, 0.15) is 5.82 Å². The number of nitrogens with zero attached hydrogens (tertiary/aromatic N) is 2. The average Bonchev–Trinajstić information content (AvgIpc) is 2.34. The van der Waals surface area contributed by atoms with Crippen LogP contribution >= 0.6 is 11.8 Å². The van der Waals surface area contributed by atoms with E-state index in [1.807, 2.05) is 0 Å². The van der Waals surface area contributed by atoms with E-state index in [2.05, 4.69) is 4.98 Å². The van der Waals surface area contributed by atoms with Crippen LogP contribution in [-0.4, -0.2) is 9.91 Å². The van der Waals surface area contributed by atoms with Crippen LogP contribution in [0.3, 0.4) is 0 Å². The van der Waals surface area contributed by atoms with Gasteiger partial charge in [0, 0.05) is 22.8 Å². The molecule has 1 aromatic carbocycles. The zero-order valence-corrected chi connectivity index (χ0v) is 9.86. The van der Waals surface area contributed by atoms with Gasteiger partial charge in [-0.05, 0) is 24.3 Å². The van der Waals surface area contributed by atoms with Gasteiger partial charge in [-0.3, -0.25) is 10.1 Å². The maximum Gasteiger partial charge on any atom is 0.301 e. The van der Waals surface area contributed by atoms with Crippen molar-refractivity contribution in [1.29, 1.82) is 0 Å². The van der Waals surface area contributed by atoms with Crippen molar-refractivity contribution in [3.63, 3.8) is 0 Å². The first-order chi connectivity index (χ1) is 8.58. The number of hydrogen-bond acceptors (Lipinski definition) is 5. The second-order valence-electron chi connectivity index (χ2n) is 3.37. The summed E-state index contributed by atoms with van der Waals surface area (Å²) in [5.74, 6) is -0.453. The molecule has 1 aromatic heterocycles. The molecule has 0 saturated carbocycles. The van der Waals surface area contributed by atoms with Crippen molar-refractivity contribution in [2.75, 3.05) is 5.73 Å². The number of hydrogen-bond donors (Lipinski definition) is 1. The first kappa shape index (κ1) is 12.3. The Morgan fingerprint density at radius 1 is 1.39 bits per heavy atom. The number of benzene rings is 1. The van der Waals surface area contributed by atoms with Crippen LogP contribution < -0.4 is 5.73 Å². The highest BCUT2D eigenvalue weighted by molar-refractivity contribution is 7.99. The van der Waals surface area contributed by atoms with Crippen molar-refractivity contribution in [3.8, 4) is 0 Å². The molecule has 0 atom stereocenters. The molecule has 18 heavy (non-hydrogen) atoms. The Balaban J connectivity index is 2.40. The highest BCUT2D eigenvalue weighted by Gasteiger charge is 2.16. The minimum atomic E-state index is -0.537. The molecule has 0 saturated heterocycles. The summed E-state index contributed by atoms with van der Waals surface area (Å²) in [6.07, 6.45) is 1.44. The largest absolute Gasteiger partial charge is 0.398 e. The summed E-state index contributed by atoms with van der Waals surface area (Å²) < 4.78 is 13.1. The van der Waals surface area contributed by atoms with E-state index in [9.17, 15) is 14.5 Å². The molecule has 2 N–H and O–H groups in total. The molecule has 0 spiro atoms. The number of halogens is 1. The molecule has 7 heteroatoms. The summed E-state index contributed by atoms with van der Waals surface area (Å²) in [7, 11) is 0. The maximum atomic E-state index is 13.1. The molecule has 0 aliphatic carbocycles. The van der Waals surface area contributed by atoms with Crippen molar-refractivity contribution in [2.24, 2.45) is 0 Å². The quantitative estimate of drug-likeness (QED) is 0.524. The van der Waals surface area contributed by atoms with E-state index in [1.165, 1.54) is 36.5 Å². The standard InChI is InChI=1S/C11H8FN3O2S/c12-7-3-4-8(13)10(6-7)18-11-9(15(16)17)2-1-5-14-11/h1-6H,13H2. The normalized spacial score (nSPS) is 10.3. The van der Waals surface area contributed by atoms with E-state index < -0.39 is 10.7 Å². The van der Waals surface area contributed by atoms with Gasteiger partial charge in [0.15, 0.2) is 5.03 Å². The Hall–Kier alpha value is -2.15. The van der Waals surface area contributed by atoms with Crippen LogP contribution in [0.4, 0.5) is 15.8 Å². The smallest absolute Gasteiger partial charge is 0.301 e. The lowest BCUT2D eigenvalue weighted by atomic mass is 10.3. The molecule has 0 bridgehead atoms. The Bertz CT molecular complexity index is 607. The highest BCUT2D eigenvalue weighted by Crippen LogP contribution is 2.35. The van der Waals surface area contributed by atoms with Gasteiger partial charge in [-0.2, -0.15) is 0 Å². The van der Waals surface area contributed by atoms with E-state index in [4.69, 9.17) is 5.73 Å². The zero-order chi connectivity index (χ0) is 13.1. The van der Waals surface area contributed by atoms with Crippen LogP contribution in [0, 0.1) is 15.9 Å². The van der Waals surface area contributed by atoms with Gasteiger partial charge >= 0.3 is 5.69 Å². The lowest BCUT2D eigenvalue weighted by Crippen LogP contribution is -1.94. The molecule has 0 radical (unpaired) electrons. The Kier molecular flexibility index (Phi) is 3.42. The van der Waals surface area contributed by atoms with Crippen LogP contribution in [0.25, 0.3) is 0 Å². The topological polar surface area (TPSA) is 82.0 Å². The molecule has 2 aromatic rings. The lowest BCUT2D eigenvalue weighted by Gasteiger charge is -2.05. The highest BCUT2D eigenvalue weighted by atomic mass is 32.2. The second kappa shape index (κ2) is 5.01. The number of anilines is 1. The van der Waals surface area contributed by atoms with Gasteiger partial charge in [0.25, 0.3) is 0 Å². The van der Waals surface area contributed by atoms with Crippen molar-refractivity contribution in [3.05, 3.63) is 52.5 Å². The predicted molar refractivity (Wildman–Crippen MR) is 65.8 cm³/mol. The summed E-state index contributed by atoms with van der Waals surface area (Å²) >= 11 is 0.966. The van der Waals surface area contributed by atoms with Gasteiger partial charge in [0.2, 0.25) is 0 Å². The number of pyridine rings is 1. The first-order valence-electron chi connectivity index (χ1n) is 4.90. The Labute approximate surface area is 106 Å². The van der Waals surface area contributed by atoms with Gasteiger partial charge in [-0.25, -0.2) is 9.37 Å². The third kappa shape index (κ3) is 2.57. The minimum absolute atomic E-state index is 0.133. The zero-order valence-electron chi connectivity index (χ0n) is 9.04. The monoisotopic (exact) mass is 265 g/mol. The van der Waals surface area contributed by atoms with Gasteiger partial charge in [-0.15, -0.1) is 0 Å². The average molecular weight is 265 g/mol. The number of aromatic nitrogens is 1. The summed E-state index contributed by atoms with van der Waals surface area (Å²) in [6, 6.07) is 6.67. The predicted octanol–water partition coefficient (Wildman–Crippen LogP) is 2.86. The second-order valence-corrected chi connectivity index (χ2v) is 4.40. The summed E-state index contributed by atoms with van der Waals surface area (Å²) in [5, 5.41) is 11.0. The third-order valence-electron chi connectivity index (χ3n) is 2.13. The number of nitrogens with two attached hydrogens (primary N) is 1. The van der Waals surface area contributed by atoms with Crippen molar-refractivity contribution < 1.29 is 9.31 Å². The van der Waals surface area contributed by atoms with Gasteiger partial charge < -0.3 is 5.73 Å². The summed E-state index contributed by atoms with van der Waals surface area (Å²) in [6.45, 7) is 0. The van der Waals surface area contributed by atoms with E-state index in [0.29, 0.717) is 10.6 Å². The van der Waals surface area contributed by atoms with Crippen molar-refractivity contribution in [1.82, 2.24) is 4.98 Å². The van der Waals surface area contributed by atoms with E-state index in [0.717, 1.165) is 11.8 Å². The van der Waals surface area contributed by atoms with Crippen LogP contribution in [0.1, 0.15) is 0 Å². The molecule has 0 aliphatic rings. The molecular formula is C11H8FN3O2S.